The summed E-state index contributed by atoms with van der Waals surface area (Å²) >= 11 is 0. The topological polar surface area (TPSA) is 53.4 Å². The normalized spacial score (nSPS) is 11.2. The lowest BCUT2D eigenvalue weighted by atomic mass is 10.2. The van der Waals surface area contributed by atoms with Crippen LogP contribution < -0.4 is 5.56 Å². The summed E-state index contributed by atoms with van der Waals surface area (Å²) in [6.45, 7) is 0.323. The molecule has 0 aliphatic carbocycles. The molecule has 0 saturated carbocycles. The molecule has 1 heterocycles. The molecule has 0 N–H and O–H groups in total. The molecule has 0 fully saturated rings. The van der Waals surface area contributed by atoms with Crippen molar-refractivity contribution in [2.45, 2.75) is 12.8 Å². The van der Waals surface area contributed by atoms with Gasteiger partial charge in [-0.3, -0.25) is 9.36 Å². The number of nitrogens with zero attached hydrogens (tertiary/aromatic N) is 2. The van der Waals surface area contributed by atoms with E-state index in [1.807, 2.05) is 18.2 Å². The Morgan fingerprint density at radius 1 is 1.29 bits per heavy atom. The van der Waals surface area contributed by atoms with Gasteiger partial charge < -0.3 is 9.47 Å². The van der Waals surface area contributed by atoms with Crippen molar-refractivity contribution in [3.8, 4) is 0 Å². The van der Waals surface area contributed by atoms with Crippen molar-refractivity contribution < 1.29 is 9.47 Å². The van der Waals surface area contributed by atoms with Gasteiger partial charge in [0.15, 0.2) is 6.29 Å². The van der Waals surface area contributed by atoms with Crippen molar-refractivity contribution in [2.24, 2.45) is 0 Å². The Morgan fingerprint density at radius 3 is 2.71 bits per heavy atom. The van der Waals surface area contributed by atoms with E-state index >= 15 is 0 Å². The molecule has 2 rings (SSSR count). The van der Waals surface area contributed by atoms with E-state index in [9.17, 15) is 4.79 Å². The van der Waals surface area contributed by atoms with E-state index in [0.717, 1.165) is 0 Å². The number of fused-ring (bicyclic) bond motifs is 1. The van der Waals surface area contributed by atoms with E-state index in [4.69, 9.17) is 9.47 Å². The third-order valence-electron chi connectivity index (χ3n) is 2.60. The van der Waals surface area contributed by atoms with Crippen molar-refractivity contribution in [3.05, 3.63) is 40.9 Å². The summed E-state index contributed by atoms with van der Waals surface area (Å²) in [4.78, 5) is 16.3. The van der Waals surface area contributed by atoms with Crippen molar-refractivity contribution >= 4 is 10.9 Å². The Bertz CT molecular complexity index is 561. The minimum absolute atomic E-state index is 0.0882. The second-order valence-electron chi connectivity index (χ2n) is 3.62. The van der Waals surface area contributed by atoms with E-state index in [-0.39, 0.29) is 5.56 Å². The van der Waals surface area contributed by atoms with Gasteiger partial charge in [-0.05, 0) is 12.1 Å². The molecule has 0 saturated heterocycles. The van der Waals surface area contributed by atoms with Crippen LogP contribution in [0.1, 0.15) is 0 Å². The highest BCUT2D eigenvalue weighted by Gasteiger charge is 2.09. The number of methoxy groups -OCH3 is 2. The average molecular weight is 234 g/mol. The highest BCUT2D eigenvalue weighted by molar-refractivity contribution is 5.76. The Morgan fingerprint density at radius 2 is 2.00 bits per heavy atom. The van der Waals surface area contributed by atoms with Crippen molar-refractivity contribution in [1.29, 1.82) is 0 Å². The number of aromatic nitrogens is 2. The van der Waals surface area contributed by atoms with Crippen LogP contribution in [0, 0.1) is 0 Å². The highest BCUT2D eigenvalue weighted by Crippen LogP contribution is 2.05. The molecule has 0 aliphatic rings. The molecule has 5 heteroatoms. The minimum Gasteiger partial charge on any atom is -0.354 e. The first-order valence-electron chi connectivity index (χ1n) is 5.26. The Hall–Kier alpha value is -1.72. The lowest BCUT2D eigenvalue weighted by Gasteiger charge is -2.14. The van der Waals surface area contributed by atoms with Gasteiger partial charge in [-0.2, -0.15) is 0 Å². The van der Waals surface area contributed by atoms with Gasteiger partial charge in [-0.25, -0.2) is 4.98 Å². The van der Waals surface area contributed by atoms with Gasteiger partial charge >= 0.3 is 0 Å². The number of benzene rings is 1. The summed E-state index contributed by atoms with van der Waals surface area (Å²) in [7, 11) is 3.07. The minimum atomic E-state index is -0.448. The van der Waals surface area contributed by atoms with Gasteiger partial charge in [-0.15, -0.1) is 0 Å². The molecule has 0 bridgehead atoms. The van der Waals surface area contributed by atoms with Crippen molar-refractivity contribution in [2.75, 3.05) is 14.2 Å². The maximum absolute atomic E-state index is 12.1. The van der Waals surface area contributed by atoms with Gasteiger partial charge in [0, 0.05) is 14.2 Å². The molecule has 0 spiro atoms. The fourth-order valence-electron chi connectivity index (χ4n) is 1.64. The zero-order valence-corrected chi connectivity index (χ0v) is 9.79. The first-order valence-corrected chi connectivity index (χ1v) is 5.26. The number of para-hydroxylation sites is 1. The molecular weight excluding hydrogens is 220 g/mol. The van der Waals surface area contributed by atoms with E-state index in [0.29, 0.717) is 17.4 Å². The van der Waals surface area contributed by atoms with Crippen LogP contribution in [0.15, 0.2) is 35.4 Å². The van der Waals surface area contributed by atoms with Gasteiger partial charge in [-0.1, -0.05) is 12.1 Å². The third-order valence-corrected chi connectivity index (χ3v) is 2.60. The first kappa shape index (κ1) is 11.8. The van der Waals surface area contributed by atoms with E-state index in [1.54, 1.807) is 6.07 Å². The van der Waals surface area contributed by atoms with Crippen LogP contribution in [0.2, 0.25) is 0 Å². The second-order valence-corrected chi connectivity index (χ2v) is 3.62. The summed E-state index contributed by atoms with van der Waals surface area (Å²) in [5.74, 6) is 0. The molecule has 5 nitrogen and oxygen atoms in total. The number of hydrogen-bond acceptors (Lipinski definition) is 4. The summed E-state index contributed by atoms with van der Waals surface area (Å²) < 4.78 is 11.6. The zero-order chi connectivity index (χ0) is 12.3. The molecule has 2 aromatic rings. The summed E-state index contributed by atoms with van der Waals surface area (Å²) in [5, 5.41) is 0.598. The smallest absolute Gasteiger partial charge is 0.261 e. The SMILES string of the molecule is COC(Cn1cnc2ccccc2c1=O)OC. The van der Waals surface area contributed by atoms with Gasteiger partial charge in [0.05, 0.1) is 23.8 Å². The molecule has 0 amide bonds. The number of hydrogen-bond donors (Lipinski definition) is 0. The fourth-order valence-corrected chi connectivity index (χ4v) is 1.64. The van der Waals surface area contributed by atoms with Crippen LogP contribution in [0.25, 0.3) is 10.9 Å². The second kappa shape index (κ2) is 5.07. The predicted octanol–water partition coefficient (Wildman–Crippen LogP) is 1.02. The maximum atomic E-state index is 12.1. The van der Waals surface area contributed by atoms with Crippen LogP contribution in [0.4, 0.5) is 0 Å². The molecular formula is C12H14N2O3. The average Bonchev–Trinajstić information content (AvgIpc) is 2.38. The summed E-state index contributed by atoms with van der Waals surface area (Å²) in [5.41, 5.74) is 0.606. The predicted molar refractivity (Wildman–Crippen MR) is 63.8 cm³/mol. The first-order chi connectivity index (χ1) is 8.26. The van der Waals surface area contributed by atoms with Gasteiger partial charge in [0.1, 0.15) is 0 Å². The highest BCUT2D eigenvalue weighted by atomic mass is 16.7. The lowest BCUT2D eigenvalue weighted by molar-refractivity contribution is -0.111. The maximum Gasteiger partial charge on any atom is 0.261 e. The molecule has 1 aromatic heterocycles. The molecule has 17 heavy (non-hydrogen) atoms. The number of rotatable bonds is 4. The molecule has 1 aromatic carbocycles. The lowest BCUT2D eigenvalue weighted by Crippen LogP contribution is -2.29. The van der Waals surface area contributed by atoms with Crippen LogP contribution in [0.5, 0.6) is 0 Å². The summed E-state index contributed by atoms with van der Waals surface area (Å²) in [6, 6.07) is 7.24. The molecule has 0 atom stereocenters. The Kier molecular flexibility index (Phi) is 3.51. The Balaban J connectivity index is 2.42. The van der Waals surface area contributed by atoms with E-state index < -0.39 is 6.29 Å². The Labute approximate surface area is 98.6 Å². The summed E-state index contributed by atoms with van der Waals surface area (Å²) in [6.07, 6.45) is 1.06. The van der Waals surface area contributed by atoms with Crippen LogP contribution >= 0.6 is 0 Å². The molecule has 0 radical (unpaired) electrons. The quantitative estimate of drug-likeness (QED) is 0.741. The van der Waals surface area contributed by atoms with Crippen LogP contribution in [-0.2, 0) is 16.0 Å². The molecule has 0 aliphatic heterocycles. The molecule has 90 valence electrons. The molecule has 0 unspecified atom stereocenters. The standard InChI is InChI=1S/C12H14N2O3/c1-16-11(17-2)7-14-8-13-10-6-4-3-5-9(10)12(14)15/h3-6,8,11H,7H2,1-2H3. The zero-order valence-electron chi connectivity index (χ0n) is 9.79. The van der Waals surface area contributed by atoms with Crippen LogP contribution in [0.3, 0.4) is 0 Å². The number of ether oxygens (including phenoxy) is 2. The third kappa shape index (κ3) is 2.35. The van der Waals surface area contributed by atoms with Gasteiger partial charge in [0.2, 0.25) is 0 Å². The van der Waals surface area contributed by atoms with Gasteiger partial charge in [0.25, 0.3) is 5.56 Å². The van der Waals surface area contributed by atoms with Crippen molar-refractivity contribution in [1.82, 2.24) is 9.55 Å². The van der Waals surface area contributed by atoms with Crippen LogP contribution in [-0.4, -0.2) is 30.1 Å². The monoisotopic (exact) mass is 234 g/mol. The van der Waals surface area contributed by atoms with E-state index in [1.165, 1.54) is 25.1 Å². The van der Waals surface area contributed by atoms with E-state index in [2.05, 4.69) is 4.98 Å². The van der Waals surface area contributed by atoms with Crippen molar-refractivity contribution in [3.63, 3.8) is 0 Å². The fraction of sp³-hybridized carbons (Fsp3) is 0.333. The largest absolute Gasteiger partial charge is 0.354 e.